The van der Waals surface area contributed by atoms with E-state index in [2.05, 4.69) is 15.9 Å². The van der Waals surface area contributed by atoms with Crippen LogP contribution in [0.25, 0.3) is 0 Å². The molecule has 0 unspecified atom stereocenters. The Bertz CT molecular complexity index is 407. The second kappa shape index (κ2) is 7.41. The lowest BCUT2D eigenvalue weighted by Crippen LogP contribution is -2.28. The summed E-state index contributed by atoms with van der Waals surface area (Å²) >= 11 is 3.39. The first kappa shape index (κ1) is 15.0. The Labute approximate surface area is 117 Å². The van der Waals surface area contributed by atoms with Crippen molar-refractivity contribution in [3.8, 4) is 5.75 Å². The largest absolute Gasteiger partial charge is 0.508 e. The van der Waals surface area contributed by atoms with Gasteiger partial charge in [-0.15, -0.1) is 0 Å². The predicted octanol–water partition coefficient (Wildman–Crippen LogP) is 3.34. The molecule has 0 bridgehead atoms. The van der Waals surface area contributed by atoms with Crippen molar-refractivity contribution >= 4 is 21.8 Å². The van der Waals surface area contributed by atoms with Crippen LogP contribution in [0.4, 0.5) is 0 Å². The Hall–Kier alpha value is -1.03. The molecule has 0 spiro atoms. The van der Waals surface area contributed by atoms with Crippen LogP contribution in [0.2, 0.25) is 0 Å². The molecule has 0 heterocycles. The maximum atomic E-state index is 12.2. The summed E-state index contributed by atoms with van der Waals surface area (Å²) in [7, 11) is 1.82. The number of phenolic OH excluding ortho intramolecular Hbond substituents is 1. The molecule has 0 aliphatic rings. The number of alkyl halides is 1. The van der Waals surface area contributed by atoms with Crippen molar-refractivity contribution in [1.82, 2.24) is 4.90 Å². The van der Waals surface area contributed by atoms with E-state index in [0.29, 0.717) is 5.56 Å². The summed E-state index contributed by atoms with van der Waals surface area (Å²) < 4.78 is 0. The lowest BCUT2D eigenvalue weighted by Gasteiger charge is -2.18. The van der Waals surface area contributed by atoms with Gasteiger partial charge in [0.2, 0.25) is 0 Å². The lowest BCUT2D eigenvalue weighted by atomic mass is 10.1. The Kier molecular flexibility index (Phi) is 6.19. The number of unbranched alkanes of at least 4 members (excludes halogenated alkanes) is 2. The molecule has 0 aromatic heterocycles. The summed E-state index contributed by atoms with van der Waals surface area (Å²) in [5, 5.41) is 10.3. The van der Waals surface area contributed by atoms with Crippen LogP contribution in [0.1, 0.15) is 35.2 Å². The average Bonchev–Trinajstić information content (AvgIpc) is 2.33. The normalized spacial score (nSPS) is 10.4. The lowest BCUT2D eigenvalue weighted by molar-refractivity contribution is 0.0792. The average molecular weight is 314 g/mol. The van der Waals surface area contributed by atoms with E-state index in [0.717, 1.165) is 36.7 Å². The first-order valence-corrected chi connectivity index (χ1v) is 7.29. The van der Waals surface area contributed by atoms with Crippen molar-refractivity contribution in [1.29, 1.82) is 0 Å². The van der Waals surface area contributed by atoms with Gasteiger partial charge in [-0.2, -0.15) is 0 Å². The highest BCUT2D eigenvalue weighted by atomic mass is 79.9. The van der Waals surface area contributed by atoms with E-state index in [-0.39, 0.29) is 11.7 Å². The number of nitrogens with zero attached hydrogens (tertiary/aromatic N) is 1. The number of phenols is 1. The Morgan fingerprint density at radius 3 is 2.67 bits per heavy atom. The van der Waals surface area contributed by atoms with Gasteiger partial charge in [0.05, 0.1) is 0 Å². The van der Waals surface area contributed by atoms with E-state index in [9.17, 15) is 9.90 Å². The van der Waals surface area contributed by atoms with Gasteiger partial charge >= 0.3 is 0 Å². The molecule has 4 heteroatoms. The molecule has 0 radical (unpaired) electrons. The smallest absolute Gasteiger partial charge is 0.253 e. The maximum Gasteiger partial charge on any atom is 0.253 e. The summed E-state index contributed by atoms with van der Waals surface area (Å²) in [6.45, 7) is 2.61. The van der Waals surface area contributed by atoms with Gasteiger partial charge in [-0.05, 0) is 43.5 Å². The molecule has 0 fully saturated rings. The first-order chi connectivity index (χ1) is 8.56. The van der Waals surface area contributed by atoms with E-state index in [1.54, 1.807) is 23.1 Å². The van der Waals surface area contributed by atoms with Crippen molar-refractivity contribution in [2.75, 3.05) is 18.9 Å². The van der Waals surface area contributed by atoms with Crippen LogP contribution in [-0.4, -0.2) is 34.8 Å². The zero-order chi connectivity index (χ0) is 13.5. The van der Waals surface area contributed by atoms with Crippen LogP contribution in [0.15, 0.2) is 18.2 Å². The summed E-state index contributed by atoms with van der Waals surface area (Å²) in [6.07, 6.45) is 3.28. The molecule has 0 saturated carbocycles. The van der Waals surface area contributed by atoms with Crippen LogP contribution in [0, 0.1) is 6.92 Å². The van der Waals surface area contributed by atoms with Crippen LogP contribution >= 0.6 is 15.9 Å². The second-order valence-electron chi connectivity index (χ2n) is 4.48. The van der Waals surface area contributed by atoms with Gasteiger partial charge in [-0.25, -0.2) is 0 Å². The number of hydrogen-bond acceptors (Lipinski definition) is 2. The van der Waals surface area contributed by atoms with Crippen molar-refractivity contribution in [3.63, 3.8) is 0 Å². The number of aromatic hydroxyl groups is 1. The molecule has 1 rings (SSSR count). The van der Waals surface area contributed by atoms with E-state index < -0.39 is 0 Å². The van der Waals surface area contributed by atoms with Gasteiger partial charge in [-0.1, -0.05) is 22.4 Å². The van der Waals surface area contributed by atoms with Crippen LogP contribution in [0.3, 0.4) is 0 Å². The van der Waals surface area contributed by atoms with Crippen molar-refractivity contribution in [3.05, 3.63) is 29.3 Å². The molecule has 0 aliphatic heterocycles. The highest BCUT2D eigenvalue weighted by molar-refractivity contribution is 9.09. The topological polar surface area (TPSA) is 40.5 Å². The number of benzene rings is 1. The minimum absolute atomic E-state index is 0.0198. The number of carbonyl (C=O) groups excluding carboxylic acids is 1. The van der Waals surface area contributed by atoms with Gasteiger partial charge in [0, 0.05) is 24.5 Å². The molecule has 3 nitrogen and oxygen atoms in total. The third-order valence-electron chi connectivity index (χ3n) is 2.91. The number of hydrogen-bond donors (Lipinski definition) is 1. The number of rotatable bonds is 6. The Balaban J connectivity index is 2.57. The second-order valence-corrected chi connectivity index (χ2v) is 5.27. The molecule has 1 amide bonds. The standard InChI is InChI=1S/C14H20BrNO2/c1-11-10-12(17)6-7-13(11)14(18)16(2)9-5-3-4-8-15/h6-7,10,17H,3-5,8-9H2,1-2H3. The van der Waals surface area contributed by atoms with Crippen LogP contribution < -0.4 is 0 Å². The van der Waals surface area contributed by atoms with E-state index in [4.69, 9.17) is 0 Å². The fourth-order valence-electron chi connectivity index (χ4n) is 1.82. The van der Waals surface area contributed by atoms with Gasteiger partial charge < -0.3 is 10.0 Å². The third kappa shape index (κ3) is 4.33. The fraction of sp³-hybridized carbons (Fsp3) is 0.500. The Morgan fingerprint density at radius 1 is 1.33 bits per heavy atom. The zero-order valence-electron chi connectivity index (χ0n) is 10.9. The van der Waals surface area contributed by atoms with Gasteiger partial charge in [0.1, 0.15) is 5.75 Å². The summed E-state index contributed by atoms with van der Waals surface area (Å²) in [6, 6.07) is 4.85. The molecule has 1 aromatic rings. The fourth-order valence-corrected chi connectivity index (χ4v) is 2.21. The number of halogens is 1. The number of aryl methyl sites for hydroxylation is 1. The SMILES string of the molecule is Cc1cc(O)ccc1C(=O)N(C)CCCCCBr. The van der Waals surface area contributed by atoms with Crippen molar-refractivity contribution < 1.29 is 9.90 Å². The molecular weight excluding hydrogens is 294 g/mol. The Morgan fingerprint density at radius 2 is 2.06 bits per heavy atom. The quantitative estimate of drug-likeness (QED) is 0.646. The number of amides is 1. The molecule has 1 N–H and O–H groups in total. The predicted molar refractivity (Wildman–Crippen MR) is 77.4 cm³/mol. The first-order valence-electron chi connectivity index (χ1n) is 6.17. The molecule has 0 aliphatic carbocycles. The highest BCUT2D eigenvalue weighted by Crippen LogP contribution is 2.17. The zero-order valence-corrected chi connectivity index (χ0v) is 12.5. The highest BCUT2D eigenvalue weighted by Gasteiger charge is 2.13. The van der Waals surface area contributed by atoms with E-state index in [1.807, 2.05) is 14.0 Å². The van der Waals surface area contributed by atoms with Crippen LogP contribution in [-0.2, 0) is 0 Å². The number of carbonyl (C=O) groups is 1. The summed E-state index contributed by atoms with van der Waals surface area (Å²) in [4.78, 5) is 13.9. The molecule has 0 atom stereocenters. The molecular formula is C14H20BrNO2. The summed E-state index contributed by atoms with van der Waals surface area (Å²) in [5.74, 6) is 0.218. The van der Waals surface area contributed by atoms with Crippen molar-refractivity contribution in [2.45, 2.75) is 26.2 Å². The monoisotopic (exact) mass is 313 g/mol. The third-order valence-corrected chi connectivity index (χ3v) is 3.47. The molecule has 1 aromatic carbocycles. The minimum atomic E-state index is 0.0198. The van der Waals surface area contributed by atoms with Crippen LogP contribution in [0.5, 0.6) is 5.75 Å². The van der Waals surface area contributed by atoms with E-state index in [1.165, 1.54) is 0 Å². The maximum absolute atomic E-state index is 12.2. The minimum Gasteiger partial charge on any atom is -0.508 e. The summed E-state index contributed by atoms with van der Waals surface area (Å²) in [5.41, 5.74) is 1.48. The van der Waals surface area contributed by atoms with E-state index >= 15 is 0 Å². The molecule has 100 valence electrons. The van der Waals surface area contributed by atoms with Crippen molar-refractivity contribution in [2.24, 2.45) is 0 Å². The molecule has 0 saturated heterocycles. The molecule has 18 heavy (non-hydrogen) atoms. The van der Waals surface area contributed by atoms with Gasteiger partial charge in [0.25, 0.3) is 5.91 Å². The van der Waals surface area contributed by atoms with Gasteiger partial charge in [-0.3, -0.25) is 4.79 Å². The van der Waals surface area contributed by atoms with Gasteiger partial charge in [0.15, 0.2) is 0 Å².